The Labute approximate surface area is 215 Å². The molecule has 0 saturated heterocycles. The van der Waals surface area contributed by atoms with Gasteiger partial charge in [0, 0.05) is 52.8 Å². The standard InChI is InChI=1S/C25H20N4O6S2/c30-23-7-3-17(15-27-23)19-5-1-16(2-8-24(31)32)13-21(19)29-10-11-35-22-14-18(4-6-20(22)29)37(33,34)28-25-26-9-12-36-25/h1-9,12-15H,10-11H2,(H,26,28)(H,27,30)(H,31,32)/b8-2+. The molecule has 0 spiro atoms. The summed E-state index contributed by atoms with van der Waals surface area (Å²) in [5.74, 6) is -0.685. The van der Waals surface area contributed by atoms with Crippen molar-refractivity contribution in [1.82, 2.24) is 9.97 Å². The summed E-state index contributed by atoms with van der Waals surface area (Å²) in [6, 6.07) is 13.2. The minimum atomic E-state index is -3.88. The largest absolute Gasteiger partial charge is 0.489 e. The number of pyridine rings is 1. The van der Waals surface area contributed by atoms with Crippen LogP contribution in [-0.2, 0) is 14.8 Å². The number of hydrogen-bond donors (Lipinski definition) is 3. The molecule has 0 unspecified atom stereocenters. The van der Waals surface area contributed by atoms with Crippen molar-refractivity contribution in [3.63, 3.8) is 0 Å². The summed E-state index contributed by atoms with van der Waals surface area (Å²) in [4.78, 5) is 31.3. The third-order valence-corrected chi connectivity index (χ3v) is 7.74. The van der Waals surface area contributed by atoms with Crippen LogP contribution < -0.4 is 19.9 Å². The monoisotopic (exact) mass is 536 g/mol. The van der Waals surface area contributed by atoms with Crippen molar-refractivity contribution in [2.75, 3.05) is 22.8 Å². The van der Waals surface area contributed by atoms with E-state index in [4.69, 9.17) is 9.84 Å². The summed E-state index contributed by atoms with van der Waals surface area (Å²) in [6.45, 7) is 0.746. The van der Waals surface area contributed by atoms with Crippen LogP contribution in [0.2, 0.25) is 0 Å². The molecule has 10 nitrogen and oxygen atoms in total. The molecule has 2 aromatic carbocycles. The number of carboxylic acids is 1. The molecule has 0 aliphatic carbocycles. The molecule has 1 aliphatic rings. The summed E-state index contributed by atoms with van der Waals surface area (Å²) in [7, 11) is -3.88. The number of H-pyrrole nitrogens is 1. The smallest absolute Gasteiger partial charge is 0.328 e. The number of hydrogen-bond acceptors (Lipinski definition) is 8. The van der Waals surface area contributed by atoms with Crippen molar-refractivity contribution < 1.29 is 23.1 Å². The van der Waals surface area contributed by atoms with Gasteiger partial charge >= 0.3 is 5.97 Å². The molecule has 0 saturated carbocycles. The van der Waals surface area contributed by atoms with Crippen molar-refractivity contribution in [3.8, 4) is 16.9 Å². The van der Waals surface area contributed by atoms with Gasteiger partial charge in [-0.3, -0.25) is 9.52 Å². The van der Waals surface area contributed by atoms with Gasteiger partial charge in [0.05, 0.1) is 17.1 Å². The van der Waals surface area contributed by atoms with Gasteiger partial charge in [-0.05, 0) is 35.9 Å². The summed E-state index contributed by atoms with van der Waals surface area (Å²) in [6.07, 6.45) is 5.66. The second-order valence-electron chi connectivity index (χ2n) is 7.96. The third kappa shape index (κ3) is 5.25. The third-order valence-electron chi connectivity index (χ3n) is 5.58. The summed E-state index contributed by atoms with van der Waals surface area (Å²) in [5, 5.41) is 11.0. The lowest BCUT2D eigenvalue weighted by molar-refractivity contribution is -0.131. The lowest BCUT2D eigenvalue weighted by Crippen LogP contribution is -2.29. The van der Waals surface area contributed by atoms with Gasteiger partial charge in [-0.15, -0.1) is 11.3 Å². The fourth-order valence-corrected chi connectivity index (χ4v) is 5.73. The number of carboxylic acid groups (broad SMARTS) is 1. The van der Waals surface area contributed by atoms with Crippen LogP contribution >= 0.6 is 11.3 Å². The van der Waals surface area contributed by atoms with E-state index in [1.54, 1.807) is 29.8 Å². The predicted molar refractivity (Wildman–Crippen MR) is 141 cm³/mol. The predicted octanol–water partition coefficient (Wildman–Crippen LogP) is 3.93. The fraction of sp³-hybridized carbons (Fsp3) is 0.0800. The number of rotatable bonds is 7. The van der Waals surface area contributed by atoms with Crippen LogP contribution in [0.1, 0.15) is 5.56 Å². The van der Waals surface area contributed by atoms with Gasteiger partial charge < -0.3 is 19.7 Å². The number of aromatic nitrogens is 2. The van der Waals surface area contributed by atoms with Crippen LogP contribution in [0.4, 0.5) is 16.5 Å². The maximum absolute atomic E-state index is 12.9. The number of aliphatic carboxylic acids is 1. The summed E-state index contributed by atoms with van der Waals surface area (Å²) < 4.78 is 34.0. The molecule has 0 atom stereocenters. The molecular formula is C25H20N4O6S2. The maximum Gasteiger partial charge on any atom is 0.328 e. The Bertz CT molecular complexity index is 1640. The van der Waals surface area contributed by atoms with Gasteiger partial charge in [-0.2, -0.15) is 0 Å². The molecule has 4 aromatic rings. The topological polar surface area (TPSA) is 142 Å². The van der Waals surface area contributed by atoms with Crippen LogP contribution in [0.15, 0.2) is 82.1 Å². The van der Waals surface area contributed by atoms with E-state index in [-0.39, 0.29) is 22.2 Å². The van der Waals surface area contributed by atoms with Gasteiger partial charge in [0.1, 0.15) is 12.4 Å². The van der Waals surface area contributed by atoms with E-state index in [1.807, 2.05) is 17.0 Å². The number of carbonyl (C=O) groups is 1. The molecule has 1 aliphatic heterocycles. The molecule has 2 aromatic heterocycles. The highest BCUT2D eigenvalue weighted by molar-refractivity contribution is 7.93. The molecule has 37 heavy (non-hydrogen) atoms. The highest BCUT2D eigenvalue weighted by Gasteiger charge is 2.25. The number of thiazole rings is 1. The Morgan fingerprint density at radius 2 is 2.03 bits per heavy atom. The Balaban J connectivity index is 1.58. The van der Waals surface area contributed by atoms with E-state index in [0.717, 1.165) is 22.9 Å². The van der Waals surface area contributed by atoms with E-state index in [0.29, 0.717) is 23.5 Å². The molecule has 0 amide bonds. The number of aromatic amines is 1. The van der Waals surface area contributed by atoms with Crippen molar-refractivity contribution in [3.05, 3.63) is 88.3 Å². The van der Waals surface area contributed by atoms with Crippen LogP contribution in [0.5, 0.6) is 5.75 Å². The van der Waals surface area contributed by atoms with Gasteiger partial charge in [0.25, 0.3) is 10.0 Å². The zero-order valence-corrected chi connectivity index (χ0v) is 20.8. The lowest BCUT2D eigenvalue weighted by atomic mass is 10.0. The highest BCUT2D eigenvalue weighted by atomic mass is 32.2. The molecule has 3 heterocycles. The Morgan fingerprint density at radius 3 is 2.76 bits per heavy atom. The number of nitrogens with one attached hydrogen (secondary N) is 2. The fourth-order valence-electron chi connectivity index (χ4n) is 3.93. The van der Waals surface area contributed by atoms with Gasteiger partial charge in [0.15, 0.2) is 5.13 Å². The molecule has 0 fully saturated rings. The van der Waals surface area contributed by atoms with Gasteiger partial charge in [-0.25, -0.2) is 18.2 Å². The average Bonchev–Trinajstić information content (AvgIpc) is 3.39. The van der Waals surface area contributed by atoms with Crippen LogP contribution in [0, 0.1) is 0 Å². The van der Waals surface area contributed by atoms with Crippen molar-refractivity contribution in [2.45, 2.75) is 4.90 Å². The number of benzene rings is 2. The number of anilines is 3. The van der Waals surface area contributed by atoms with Gasteiger partial charge in [-0.1, -0.05) is 12.1 Å². The number of sulfonamides is 1. The van der Waals surface area contributed by atoms with E-state index >= 15 is 0 Å². The molecular weight excluding hydrogens is 516 g/mol. The molecule has 0 radical (unpaired) electrons. The average molecular weight is 537 g/mol. The summed E-state index contributed by atoms with van der Waals surface area (Å²) >= 11 is 1.17. The first-order chi connectivity index (χ1) is 17.8. The van der Waals surface area contributed by atoms with E-state index in [2.05, 4.69) is 14.7 Å². The second-order valence-corrected chi connectivity index (χ2v) is 10.5. The first kappa shape index (κ1) is 24.3. The number of ether oxygens (including phenoxy) is 1. The van der Waals surface area contributed by atoms with Crippen molar-refractivity contribution in [1.29, 1.82) is 0 Å². The normalized spacial score (nSPS) is 13.2. The quantitative estimate of drug-likeness (QED) is 0.302. The Morgan fingerprint density at radius 1 is 1.16 bits per heavy atom. The molecule has 12 heteroatoms. The minimum absolute atomic E-state index is 0.0299. The van der Waals surface area contributed by atoms with Crippen molar-refractivity contribution in [2.24, 2.45) is 0 Å². The molecule has 5 rings (SSSR count). The first-order valence-electron chi connectivity index (χ1n) is 11.0. The molecule has 188 valence electrons. The lowest BCUT2D eigenvalue weighted by Gasteiger charge is -2.33. The number of nitrogens with zero attached hydrogens (tertiary/aromatic N) is 2. The van der Waals surface area contributed by atoms with Crippen LogP contribution in [0.3, 0.4) is 0 Å². The second kappa shape index (κ2) is 9.91. The first-order valence-corrected chi connectivity index (χ1v) is 13.4. The van der Waals surface area contributed by atoms with Crippen molar-refractivity contribution >= 4 is 49.9 Å². The van der Waals surface area contributed by atoms with Crippen LogP contribution in [-0.4, -0.2) is 42.6 Å². The van der Waals surface area contributed by atoms with Crippen LogP contribution in [0.25, 0.3) is 17.2 Å². The molecule has 3 N–H and O–H groups in total. The minimum Gasteiger partial charge on any atom is -0.489 e. The highest BCUT2D eigenvalue weighted by Crippen LogP contribution is 2.42. The Hall–Kier alpha value is -4.42. The number of fused-ring (bicyclic) bond motifs is 1. The van der Waals surface area contributed by atoms with E-state index in [9.17, 15) is 18.0 Å². The maximum atomic E-state index is 12.9. The zero-order chi connectivity index (χ0) is 26.0. The van der Waals surface area contributed by atoms with Gasteiger partial charge in [0.2, 0.25) is 5.56 Å². The summed E-state index contributed by atoms with van der Waals surface area (Å²) in [5.41, 5.74) is 3.35. The van der Waals surface area contributed by atoms with E-state index in [1.165, 1.54) is 41.8 Å². The Kier molecular flexibility index (Phi) is 6.51. The van der Waals surface area contributed by atoms with E-state index < -0.39 is 16.0 Å². The SMILES string of the molecule is O=C(O)/C=C/c1ccc(-c2ccc(=O)[nH]c2)c(N2CCOc3cc(S(=O)(=O)Nc4nccs4)ccc32)c1. The molecule has 0 bridgehead atoms. The zero-order valence-electron chi connectivity index (χ0n) is 19.1.